The number of nitrogens with two attached hydrogens (primary N) is 1. The van der Waals surface area contributed by atoms with Crippen LogP contribution in [-0.2, 0) is 4.79 Å². The van der Waals surface area contributed by atoms with Crippen LogP contribution in [0.1, 0.15) is 29.3 Å². The Hall–Kier alpha value is -3.08. The van der Waals surface area contributed by atoms with E-state index in [0.717, 1.165) is 17.7 Å². The second-order valence-electron chi connectivity index (χ2n) is 5.15. The number of amides is 2. The van der Waals surface area contributed by atoms with E-state index >= 15 is 0 Å². The van der Waals surface area contributed by atoms with E-state index in [1.54, 1.807) is 30.3 Å². The van der Waals surface area contributed by atoms with Gasteiger partial charge >= 0.3 is 0 Å². The lowest BCUT2D eigenvalue weighted by Gasteiger charge is -2.06. The van der Waals surface area contributed by atoms with Gasteiger partial charge in [0.25, 0.3) is 5.91 Å². The van der Waals surface area contributed by atoms with Gasteiger partial charge in [-0.3, -0.25) is 9.59 Å². The number of carbonyl (C=O) groups excluding carboxylic acids is 2. The number of ether oxygens (including phenoxy) is 1. The van der Waals surface area contributed by atoms with Gasteiger partial charge in [-0.2, -0.15) is 0 Å². The van der Waals surface area contributed by atoms with E-state index in [1.165, 1.54) is 6.08 Å². The Bertz CT molecular complexity index is 737. The number of primary amides is 1. The summed E-state index contributed by atoms with van der Waals surface area (Å²) in [4.78, 5) is 23.3. The summed E-state index contributed by atoms with van der Waals surface area (Å²) in [6, 6.07) is 14.1. The van der Waals surface area contributed by atoms with Crippen molar-refractivity contribution in [2.75, 3.05) is 11.9 Å². The molecule has 2 aromatic carbocycles. The molecule has 0 aromatic heterocycles. The number of carbonyl (C=O) groups is 2. The summed E-state index contributed by atoms with van der Waals surface area (Å²) in [7, 11) is 0. The first-order chi connectivity index (χ1) is 11.6. The molecular weight excluding hydrogens is 304 g/mol. The maximum Gasteiger partial charge on any atom is 0.250 e. The van der Waals surface area contributed by atoms with Gasteiger partial charge in [-0.15, -0.1) is 0 Å². The van der Waals surface area contributed by atoms with E-state index in [0.29, 0.717) is 12.3 Å². The normalized spacial score (nSPS) is 10.5. The molecule has 5 heteroatoms. The Morgan fingerprint density at radius 1 is 1.12 bits per heavy atom. The third-order valence-electron chi connectivity index (χ3n) is 3.23. The van der Waals surface area contributed by atoms with Crippen LogP contribution in [0.3, 0.4) is 0 Å². The lowest BCUT2D eigenvalue weighted by atomic mass is 10.1. The number of anilines is 1. The predicted molar refractivity (Wildman–Crippen MR) is 94.9 cm³/mol. The molecular formula is C19H20N2O3. The molecule has 5 nitrogen and oxygen atoms in total. The predicted octanol–water partition coefficient (Wildman–Crippen LogP) is 3.23. The van der Waals surface area contributed by atoms with Crippen molar-refractivity contribution in [2.24, 2.45) is 5.73 Å². The lowest BCUT2D eigenvalue weighted by Crippen LogP contribution is -2.16. The van der Waals surface area contributed by atoms with E-state index in [1.807, 2.05) is 31.2 Å². The maximum absolute atomic E-state index is 12.0. The summed E-state index contributed by atoms with van der Waals surface area (Å²) >= 11 is 0. The second-order valence-corrected chi connectivity index (χ2v) is 5.15. The van der Waals surface area contributed by atoms with Crippen molar-refractivity contribution in [3.63, 3.8) is 0 Å². The quantitative estimate of drug-likeness (QED) is 0.767. The molecule has 2 aromatic rings. The second kappa shape index (κ2) is 8.53. The van der Waals surface area contributed by atoms with Gasteiger partial charge in [-0.1, -0.05) is 31.2 Å². The third-order valence-corrected chi connectivity index (χ3v) is 3.23. The Morgan fingerprint density at radius 3 is 2.50 bits per heavy atom. The summed E-state index contributed by atoms with van der Waals surface area (Å²) in [6.07, 6.45) is 4.04. The summed E-state index contributed by atoms with van der Waals surface area (Å²) in [5, 5.41) is 2.65. The zero-order valence-corrected chi connectivity index (χ0v) is 13.5. The highest BCUT2D eigenvalue weighted by Gasteiger charge is 2.08. The van der Waals surface area contributed by atoms with E-state index < -0.39 is 5.91 Å². The number of hydrogen-bond donors (Lipinski definition) is 2. The molecule has 0 aliphatic carbocycles. The van der Waals surface area contributed by atoms with Gasteiger partial charge < -0.3 is 15.8 Å². The van der Waals surface area contributed by atoms with Crippen molar-refractivity contribution in [3.05, 3.63) is 65.7 Å². The Morgan fingerprint density at radius 2 is 1.83 bits per heavy atom. The number of para-hydroxylation sites is 1. The Balaban J connectivity index is 1.99. The molecule has 2 amide bonds. The average molecular weight is 324 g/mol. The van der Waals surface area contributed by atoms with E-state index in [-0.39, 0.29) is 11.5 Å². The molecule has 0 saturated heterocycles. The van der Waals surface area contributed by atoms with Gasteiger partial charge in [-0.05, 0) is 42.3 Å². The highest BCUT2D eigenvalue weighted by atomic mass is 16.5. The molecule has 24 heavy (non-hydrogen) atoms. The van der Waals surface area contributed by atoms with Crippen LogP contribution in [0.15, 0.2) is 54.6 Å². The van der Waals surface area contributed by atoms with Crippen LogP contribution in [0.4, 0.5) is 5.69 Å². The molecule has 0 radical (unpaired) electrons. The monoisotopic (exact) mass is 324 g/mol. The Kier molecular flexibility index (Phi) is 6.14. The van der Waals surface area contributed by atoms with Gasteiger partial charge in [0.15, 0.2) is 0 Å². The lowest BCUT2D eigenvalue weighted by molar-refractivity contribution is -0.111. The van der Waals surface area contributed by atoms with E-state index in [9.17, 15) is 9.59 Å². The fourth-order valence-electron chi connectivity index (χ4n) is 2.05. The van der Waals surface area contributed by atoms with Crippen LogP contribution >= 0.6 is 0 Å². The van der Waals surface area contributed by atoms with Gasteiger partial charge in [0.05, 0.1) is 17.9 Å². The number of rotatable bonds is 7. The molecule has 0 saturated carbocycles. The largest absolute Gasteiger partial charge is 0.494 e. The number of hydrogen-bond acceptors (Lipinski definition) is 3. The van der Waals surface area contributed by atoms with Crippen molar-refractivity contribution in [1.82, 2.24) is 0 Å². The van der Waals surface area contributed by atoms with E-state index in [2.05, 4.69) is 5.32 Å². The summed E-state index contributed by atoms with van der Waals surface area (Å²) in [5.41, 5.74) is 6.82. The fraction of sp³-hybridized carbons (Fsp3) is 0.158. The first-order valence-electron chi connectivity index (χ1n) is 7.71. The first kappa shape index (κ1) is 17.3. The van der Waals surface area contributed by atoms with Crippen molar-refractivity contribution < 1.29 is 14.3 Å². The molecule has 0 unspecified atom stereocenters. The van der Waals surface area contributed by atoms with Crippen LogP contribution < -0.4 is 15.8 Å². The van der Waals surface area contributed by atoms with Gasteiger partial charge in [0.2, 0.25) is 5.91 Å². The standard InChI is InChI=1S/C19H20N2O3/c1-2-13-24-15-10-7-14(8-11-15)9-12-18(22)21-17-6-4-3-5-16(17)19(20)23/h3-12H,2,13H2,1H3,(H2,20,23)(H,21,22). The smallest absolute Gasteiger partial charge is 0.250 e. The molecule has 2 rings (SSSR count). The molecule has 3 N–H and O–H groups in total. The molecule has 124 valence electrons. The third kappa shape index (κ3) is 4.98. The summed E-state index contributed by atoms with van der Waals surface area (Å²) in [5.74, 6) is -0.124. The van der Waals surface area contributed by atoms with Crippen LogP contribution in [-0.4, -0.2) is 18.4 Å². The van der Waals surface area contributed by atoms with Crippen molar-refractivity contribution in [2.45, 2.75) is 13.3 Å². The zero-order valence-electron chi connectivity index (χ0n) is 13.5. The number of nitrogens with one attached hydrogen (secondary N) is 1. The molecule has 0 heterocycles. The van der Waals surface area contributed by atoms with Gasteiger partial charge in [0.1, 0.15) is 5.75 Å². The van der Waals surface area contributed by atoms with Crippen LogP contribution in [0.25, 0.3) is 6.08 Å². The summed E-state index contributed by atoms with van der Waals surface area (Å²) < 4.78 is 5.50. The molecule has 0 spiro atoms. The van der Waals surface area contributed by atoms with Crippen molar-refractivity contribution in [1.29, 1.82) is 0 Å². The van der Waals surface area contributed by atoms with Crippen LogP contribution in [0.2, 0.25) is 0 Å². The molecule has 0 bridgehead atoms. The van der Waals surface area contributed by atoms with Crippen molar-refractivity contribution >= 4 is 23.6 Å². The van der Waals surface area contributed by atoms with E-state index in [4.69, 9.17) is 10.5 Å². The maximum atomic E-state index is 12.0. The molecule has 0 aliphatic heterocycles. The van der Waals surface area contributed by atoms with Crippen molar-refractivity contribution in [3.8, 4) is 5.75 Å². The SMILES string of the molecule is CCCOc1ccc(C=CC(=O)Nc2ccccc2C(N)=O)cc1. The minimum absolute atomic E-state index is 0.275. The molecule has 0 fully saturated rings. The van der Waals surface area contributed by atoms with Crippen LogP contribution in [0, 0.1) is 0 Å². The highest BCUT2D eigenvalue weighted by Crippen LogP contribution is 2.15. The molecule has 0 atom stereocenters. The fourth-order valence-corrected chi connectivity index (χ4v) is 2.05. The first-order valence-corrected chi connectivity index (χ1v) is 7.71. The van der Waals surface area contributed by atoms with Crippen LogP contribution in [0.5, 0.6) is 5.75 Å². The summed E-state index contributed by atoms with van der Waals surface area (Å²) in [6.45, 7) is 2.73. The topological polar surface area (TPSA) is 81.4 Å². The zero-order chi connectivity index (χ0) is 17.4. The molecule has 0 aliphatic rings. The van der Waals surface area contributed by atoms with Gasteiger partial charge in [-0.25, -0.2) is 0 Å². The van der Waals surface area contributed by atoms with Gasteiger partial charge in [0, 0.05) is 6.08 Å². The Labute approximate surface area is 141 Å². The number of benzene rings is 2. The minimum atomic E-state index is -0.586. The average Bonchev–Trinajstić information content (AvgIpc) is 2.59. The minimum Gasteiger partial charge on any atom is -0.494 e. The highest BCUT2D eigenvalue weighted by molar-refractivity contribution is 6.07.